The summed E-state index contributed by atoms with van der Waals surface area (Å²) in [6, 6.07) is 2.95. The largest absolute Gasteiger partial charge is 0.480 e. The Morgan fingerprint density at radius 1 is 1.20 bits per heavy atom. The second-order valence-electron chi connectivity index (χ2n) is 6.65. The number of hydrogen-bond acceptors (Lipinski definition) is 5. The Labute approximate surface area is 172 Å². The maximum atomic E-state index is 12.5. The molecule has 1 aromatic heterocycles. The van der Waals surface area contributed by atoms with E-state index in [1.54, 1.807) is 13.8 Å². The number of carbonyl (C=O) groups excluding carboxylic acids is 2. The highest BCUT2D eigenvalue weighted by Gasteiger charge is 2.30. The molecule has 1 aromatic carbocycles. The Kier molecular flexibility index (Phi) is 5.51. The van der Waals surface area contributed by atoms with Crippen LogP contribution in [0.3, 0.4) is 0 Å². The zero-order valence-electron chi connectivity index (χ0n) is 16.4. The number of hydrogen-bond donors (Lipinski definition) is 5. The summed E-state index contributed by atoms with van der Waals surface area (Å²) in [5.41, 5.74) is 2.83. The van der Waals surface area contributed by atoms with E-state index in [0.717, 1.165) is 0 Å². The monoisotopic (exact) mass is 432 g/mol. The normalized spacial score (nSPS) is 14.5. The molecule has 0 unspecified atom stereocenters. The average molecular weight is 432 g/mol. The third-order valence-corrected chi connectivity index (χ3v) is 6.41. The lowest BCUT2D eigenvalue weighted by atomic mass is 9.99. The predicted molar refractivity (Wildman–Crippen MR) is 109 cm³/mol. The average Bonchev–Trinajstić information content (AvgIpc) is 3.20. The van der Waals surface area contributed by atoms with Crippen molar-refractivity contribution in [1.29, 1.82) is 0 Å². The van der Waals surface area contributed by atoms with Gasteiger partial charge in [-0.25, -0.2) is 13.1 Å². The van der Waals surface area contributed by atoms with E-state index in [1.807, 2.05) is 0 Å². The molecule has 0 fully saturated rings. The van der Waals surface area contributed by atoms with Crippen LogP contribution < -0.4 is 15.4 Å². The minimum atomic E-state index is -3.72. The smallest absolute Gasteiger partial charge is 0.322 e. The van der Waals surface area contributed by atoms with Crippen molar-refractivity contribution in [2.45, 2.75) is 18.7 Å². The third-order valence-electron chi connectivity index (χ3n) is 4.85. The van der Waals surface area contributed by atoms with Crippen molar-refractivity contribution in [3.8, 4) is 0 Å². The Balaban J connectivity index is 2.05. The molecule has 1 aliphatic rings. The van der Waals surface area contributed by atoms with Gasteiger partial charge in [-0.05, 0) is 50.2 Å². The zero-order valence-corrected chi connectivity index (χ0v) is 17.2. The fraction of sp³-hybridized carbons (Fsp3) is 0.211. The van der Waals surface area contributed by atoms with E-state index in [0.29, 0.717) is 28.1 Å². The molecule has 0 radical (unpaired) electrons. The summed E-state index contributed by atoms with van der Waals surface area (Å²) < 4.78 is 26.8. The van der Waals surface area contributed by atoms with Crippen molar-refractivity contribution in [2.75, 3.05) is 18.9 Å². The topological polar surface area (TPSA) is 157 Å². The molecule has 0 bridgehead atoms. The van der Waals surface area contributed by atoms with Gasteiger partial charge < -0.3 is 20.7 Å². The molecular weight excluding hydrogens is 412 g/mol. The van der Waals surface area contributed by atoms with Crippen LogP contribution in [0.25, 0.3) is 11.6 Å². The predicted octanol–water partition coefficient (Wildman–Crippen LogP) is 0.847. The first-order valence-corrected chi connectivity index (χ1v) is 10.3. The molecule has 2 amide bonds. The van der Waals surface area contributed by atoms with Gasteiger partial charge in [-0.15, -0.1) is 0 Å². The molecule has 1 aliphatic heterocycles. The molecule has 0 saturated carbocycles. The van der Waals surface area contributed by atoms with Crippen LogP contribution in [0, 0.1) is 13.8 Å². The molecule has 30 heavy (non-hydrogen) atoms. The summed E-state index contributed by atoms with van der Waals surface area (Å²) in [5.74, 6) is -2.13. The fourth-order valence-corrected chi connectivity index (χ4v) is 4.25. The van der Waals surface area contributed by atoms with Crippen molar-refractivity contribution >= 4 is 45.1 Å². The van der Waals surface area contributed by atoms with E-state index < -0.39 is 34.4 Å². The number of anilines is 1. The van der Waals surface area contributed by atoms with Gasteiger partial charge >= 0.3 is 5.97 Å². The number of benzene rings is 1. The van der Waals surface area contributed by atoms with E-state index >= 15 is 0 Å². The van der Waals surface area contributed by atoms with Crippen LogP contribution in [0.2, 0.25) is 0 Å². The molecule has 158 valence electrons. The first kappa shape index (κ1) is 21.3. The third kappa shape index (κ3) is 3.72. The lowest BCUT2D eigenvalue weighted by Crippen LogP contribution is -2.29. The molecule has 0 spiro atoms. The van der Waals surface area contributed by atoms with Crippen molar-refractivity contribution in [3.63, 3.8) is 0 Å². The summed E-state index contributed by atoms with van der Waals surface area (Å²) in [6.07, 6.45) is 2.95. The Morgan fingerprint density at radius 2 is 1.90 bits per heavy atom. The van der Waals surface area contributed by atoms with Crippen LogP contribution in [-0.4, -0.2) is 49.9 Å². The van der Waals surface area contributed by atoms with Gasteiger partial charge in [-0.3, -0.25) is 14.4 Å². The van der Waals surface area contributed by atoms with Crippen LogP contribution in [0.15, 0.2) is 23.2 Å². The van der Waals surface area contributed by atoms with E-state index in [4.69, 9.17) is 5.11 Å². The Morgan fingerprint density at radius 3 is 2.53 bits per heavy atom. The molecule has 11 heteroatoms. The SMILES string of the molecule is CNS(=O)(=O)c1ccc2c(c1C)C(=Cc1[nH]cc(C(=O)NCC(=O)O)c1C)C(=O)N2. The maximum absolute atomic E-state index is 12.5. The minimum Gasteiger partial charge on any atom is -0.480 e. The van der Waals surface area contributed by atoms with E-state index in [9.17, 15) is 22.8 Å². The van der Waals surface area contributed by atoms with Gasteiger partial charge in [0.2, 0.25) is 10.0 Å². The van der Waals surface area contributed by atoms with Gasteiger partial charge in [0.25, 0.3) is 11.8 Å². The number of aliphatic carboxylic acids is 1. The second kappa shape index (κ2) is 7.76. The number of H-pyrrole nitrogens is 1. The summed E-state index contributed by atoms with van der Waals surface area (Å²) >= 11 is 0. The van der Waals surface area contributed by atoms with E-state index in [2.05, 4.69) is 20.3 Å². The van der Waals surface area contributed by atoms with Crippen LogP contribution in [-0.2, 0) is 19.6 Å². The van der Waals surface area contributed by atoms with Gasteiger partial charge in [0.1, 0.15) is 6.54 Å². The summed E-state index contributed by atoms with van der Waals surface area (Å²) in [7, 11) is -2.41. The molecule has 0 saturated heterocycles. The first-order chi connectivity index (χ1) is 14.1. The van der Waals surface area contributed by atoms with Gasteiger partial charge in [-0.2, -0.15) is 0 Å². The Bertz CT molecular complexity index is 1210. The molecule has 2 aromatic rings. The van der Waals surface area contributed by atoms with Crippen molar-refractivity contribution in [1.82, 2.24) is 15.0 Å². The van der Waals surface area contributed by atoms with Crippen molar-refractivity contribution in [3.05, 3.63) is 46.3 Å². The fourth-order valence-electron chi connectivity index (χ4n) is 3.28. The molecule has 0 aliphatic carbocycles. The zero-order chi connectivity index (χ0) is 22.2. The van der Waals surface area contributed by atoms with E-state index in [1.165, 1.54) is 31.5 Å². The number of rotatable bonds is 6. The number of aromatic amines is 1. The van der Waals surface area contributed by atoms with Gasteiger partial charge in [-0.1, -0.05) is 0 Å². The molecular formula is C19H20N4O6S. The number of carboxylic acid groups (broad SMARTS) is 1. The first-order valence-electron chi connectivity index (χ1n) is 8.85. The number of amides is 2. The number of carbonyl (C=O) groups is 3. The maximum Gasteiger partial charge on any atom is 0.322 e. The molecule has 3 rings (SSSR count). The van der Waals surface area contributed by atoms with Gasteiger partial charge in [0.05, 0.1) is 16.0 Å². The summed E-state index contributed by atoms with van der Waals surface area (Å²) in [4.78, 5) is 38.3. The number of nitrogens with one attached hydrogen (secondary N) is 4. The van der Waals surface area contributed by atoms with Crippen LogP contribution in [0.5, 0.6) is 0 Å². The van der Waals surface area contributed by atoms with Crippen molar-refractivity contribution < 1.29 is 27.9 Å². The van der Waals surface area contributed by atoms with Gasteiger partial charge in [0, 0.05) is 23.1 Å². The molecule has 0 atom stereocenters. The highest BCUT2D eigenvalue weighted by Crippen LogP contribution is 2.38. The molecule has 2 heterocycles. The number of sulfonamides is 1. The van der Waals surface area contributed by atoms with Gasteiger partial charge in [0.15, 0.2) is 0 Å². The molecule has 5 N–H and O–H groups in total. The number of aromatic nitrogens is 1. The quantitative estimate of drug-likeness (QED) is 0.426. The number of fused-ring (bicyclic) bond motifs is 1. The summed E-state index contributed by atoms with van der Waals surface area (Å²) in [5, 5.41) is 13.7. The van der Waals surface area contributed by atoms with Crippen LogP contribution in [0.4, 0.5) is 5.69 Å². The van der Waals surface area contributed by atoms with E-state index in [-0.39, 0.29) is 16.0 Å². The number of carboxylic acids is 1. The standard InChI is InChI=1S/C19H20N4O6S/c1-9-12(18(26)22-8-16(24)25)7-21-14(9)6-11-17-10(2)15(30(28,29)20-3)5-4-13(17)23-19(11)27/h4-7,20-21H,8H2,1-3H3,(H,22,26)(H,23,27)(H,24,25). The molecule has 10 nitrogen and oxygen atoms in total. The Hall–Kier alpha value is -3.44. The second-order valence-corrected chi connectivity index (χ2v) is 8.50. The summed E-state index contributed by atoms with van der Waals surface area (Å²) in [6.45, 7) is 2.75. The van der Waals surface area contributed by atoms with Crippen LogP contribution >= 0.6 is 0 Å². The highest BCUT2D eigenvalue weighted by molar-refractivity contribution is 7.89. The van der Waals surface area contributed by atoms with Crippen molar-refractivity contribution in [2.24, 2.45) is 0 Å². The minimum absolute atomic E-state index is 0.0584. The lowest BCUT2D eigenvalue weighted by molar-refractivity contribution is -0.135. The highest BCUT2D eigenvalue weighted by atomic mass is 32.2. The lowest BCUT2D eigenvalue weighted by Gasteiger charge is -2.10. The van der Waals surface area contributed by atoms with Crippen LogP contribution in [0.1, 0.15) is 32.7 Å².